The van der Waals surface area contributed by atoms with Crippen molar-refractivity contribution in [3.63, 3.8) is 0 Å². The standard InChI is InChI=1S/C25H20BrN3O3/c1-17-21(25(31)29(28-17)20-10-6-3-7-11-20)14-18-12-13-23(22(26)15-18)32-16-24(30)27-19-8-4-2-5-9-19/h2-15H,16H2,1H3,(H,27,30)/b21-14+. The molecule has 0 saturated heterocycles. The topological polar surface area (TPSA) is 71.0 Å². The summed E-state index contributed by atoms with van der Waals surface area (Å²) in [6, 6.07) is 23.9. The Morgan fingerprint density at radius 2 is 1.75 bits per heavy atom. The predicted octanol–water partition coefficient (Wildman–Crippen LogP) is 5.27. The van der Waals surface area contributed by atoms with Gasteiger partial charge in [-0.05, 0) is 70.9 Å². The van der Waals surface area contributed by atoms with Crippen molar-refractivity contribution >= 4 is 50.9 Å². The van der Waals surface area contributed by atoms with E-state index in [1.807, 2.05) is 79.7 Å². The number of para-hydroxylation sites is 2. The average Bonchev–Trinajstić information content (AvgIpc) is 3.08. The highest BCUT2D eigenvalue weighted by molar-refractivity contribution is 9.10. The Balaban J connectivity index is 1.43. The summed E-state index contributed by atoms with van der Waals surface area (Å²) in [5.74, 6) is 0.103. The van der Waals surface area contributed by atoms with Crippen molar-refractivity contribution < 1.29 is 14.3 Å². The van der Waals surface area contributed by atoms with E-state index in [1.54, 1.807) is 12.1 Å². The molecule has 0 aromatic heterocycles. The molecule has 0 atom stereocenters. The van der Waals surface area contributed by atoms with Crippen molar-refractivity contribution in [2.24, 2.45) is 5.10 Å². The van der Waals surface area contributed by atoms with Crippen LogP contribution in [0.1, 0.15) is 12.5 Å². The van der Waals surface area contributed by atoms with Crippen LogP contribution in [0.4, 0.5) is 11.4 Å². The SMILES string of the molecule is CC1=NN(c2ccccc2)C(=O)/C1=C/c1ccc(OCC(=O)Nc2ccccc2)c(Br)c1. The van der Waals surface area contributed by atoms with Crippen LogP contribution in [0.2, 0.25) is 0 Å². The molecule has 0 aliphatic carbocycles. The van der Waals surface area contributed by atoms with Crippen molar-refractivity contribution in [2.45, 2.75) is 6.92 Å². The average molecular weight is 490 g/mol. The molecule has 1 heterocycles. The number of nitrogens with zero attached hydrogens (tertiary/aromatic N) is 2. The third-order valence-electron chi connectivity index (χ3n) is 4.75. The maximum absolute atomic E-state index is 12.9. The van der Waals surface area contributed by atoms with Gasteiger partial charge >= 0.3 is 0 Å². The zero-order chi connectivity index (χ0) is 22.5. The second-order valence-corrected chi connectivity index (χ2v) is 7.94. The van der Waals surface area contributed by atoms with Crippen molar-refractivity contribution in [1.82, 2.24) is 0 Å². The van der Waals surface area contributed by atoms with Gasteiger partial charge in [0.25, 0.3) is 11.8 Å². The zero-order valence-electron chi connectivity index (χ0n) is 17.3. The lowest BCUT2D eigenvalue weighted by atomic mass is 10.1. The molecule has 0 bridgehead atoms. The minimum atomic E-state index is -0.251. The van der Waals surface area contributed by atoms with Crippen LogP contribution in [0.25, 0.3) is 6.08 Å². The molecule has 6 nitrogen and oxygen atoms in total. The molecule has 1 aliphatic rings. The number of benzene rings is 3. The largest absolute Gasteiger partial charge is 0.483 e. The van der Waals surface area contributed by atoms with Crippen LogP contribution >= 0.6 is 15.9 Å². The van der Waals surface area contributed by atoms with E-state index in [0.717, 1.165) is 11.3 Å². The molecular weight excluding hydrogens is 470 g/mol. The smallest absolute Gasteiger partial charge is 0.280 e. The summed E-state index contributed by atoms with van der Waals surface area (Å²) >= 11 is 3.48. The Kier molecular flexibility index (Phi) is 6.47. The fourth-order valence-corrected chi connectivity index (χ4v) is 3.69. The number of amides is 2. The van der Waals surface area contributed by atoms with E-state index in [-0.39, 0.29) is 18.4 Å². The van der Waals surface area contributed by atoms with Gasteiger partial charge in [0.2, 0.25) is 0 Å². The first-order chi connectivity index (χ1) is 15.5. The number of hydrogen-bond donors (Lipinski definition) is 1. The van der Waals surface area contributed by atoms with Crippen molar-refractivity contribution in [3.8, 4) is 5.75 Å². The molecular formula is C25H20BrN3O3. The van der Waals surface area contributed by atoms with Crippen molar-refractivity contribution in [1.29, 1.82) is 0 Å². The van der Waals surface area contributed by atoms with Crippen LogP contribution in [0.3, 0.4) is 0 Å². The first kappa shape index (κ1) is 21.5. The van der Waals surface area contributed by atoms with Gasteiger partial charge in [0.05, 0.1) is 21.4 Å². The highest BCUT2D eigenvalue weighted by atomic mass is 79.9. The Hall–Kier alpha value is -3.71. The summed E-state index contributed by atoms with van der Waals surface area (Å²) in [6.45, 7) is 1.69. The quantitative estimate of drug-likeness (QED) is 0.479. The van der Waals surface area contributed by atoms with Crippen LogP contribution in [0.5, 0.6) is 5.75 Å². The van der Waals surface area contributed by atoms with E-state index in [2.05, 4.69) is 26.3 Å². The number of carbonyl (C=O) groups excluding carboxylic acids is 2. The fourth-order valence-electron chi connectivity index (χ4n) is 3.18. The Labute approximate surface area is 194 Å². The van der Waals surface area contributed by atoms with Gasteiger partial charge < -0.3 is 10.1 Å². The van der Waals surface area contributed by atoms with E-state index < -0.39 is 0 Å². The monoisotopic (exact) mass is 489 g/mol. The number of hydrogen-bond acceptors (Lipinski definition) is 4. The Morgan fingerprint density at radius 3 is 2.44 bits per heavy atom. The van der Waals surface area contributed by atoms with Crippen LogP contribution in [0.15, 0.2) is 94.0 Å². The summed E-state index contributed by atoms with van der Waals surface area (Å²) in [5.41, 5.74) is 3.42. The highest BCUT2D eigenvalue weighted by Gasteiger charge is 2.28. The predicted molar refractivity (Wildman–Crippen MR) is 130 cm³/mol. The van der Waals surface area contributed by atoms with E-state index >= 15 is 0 Å². The fraction of sp³-hybridized carbons (Fsp3) is 0.0800. The molecule has 0 fully saturated rings. The molecule has 3 aromatic carbocycles. The lowest BCUT2D eigenvalue weighted by Gasteiger charge is -2.11. The number of halogens is 1. The first-order valence-electron chi connectivity index (χ1n) is 9.95. The number of anilines is 2. The molecule has 2 amide bonds. The summed E-state index contributed by atoms with van der Waals surface area (Å²) in [6.07, 6.45) is 1.79. The van der Waals surface area contributed by atoms with Gasteiger partial charge in [0, 0.05) is 5.69 Å². The lowest BCUT2D eigenvalue weighted by Crippen LogP contribution is -2.21. The van der Waals surface area contributed by atoms with E-state index in [9.17, 15) is 9.59 Å². The summed E-state index contributed by atoms with van der Waals surface area (Å²) in [7, 11) is 0. The van der Waals surface area contributed by atoms with Crippen molar-refractivity contribution in [3.05, 3.63) is 94.5 Å². The third kappa shape index (κ3) is 4.95. The molecule has 3 aromatic rings. The maximum atomic E-state index is 12.9. The van der Waals surface area contributed by atoms with E-state index in [1.165, 1.54) is 5.01 Å². The summed E-state index contributed by atoms with van der Waals surface area (Å²) in [4.78, 5) is 25.0. The normalized spacial score (nSPS) is 14.4. The Morgan fingerprint density at radius 1 is 1.06 bits per heavy atom. The molecule has 0 unspecified atom stereocenters. The van der Waals surface area contributed by atoms with Gasteiger partial charge in [-0.1, -0.05) is 42.5 Å². The molecule has 0 spiro atoms. The highest BCUT2D eigenvalue weighted by Crippen LogP contribution is 2.29. The van der Waals surface area contributed by atoms with Gasteiger partial charge in [0.15, 0.2) is 6.61 Å². The minimum absolute atomic E-state index is 0.121. The van der Waals surface area contributed by atoms with Crippen LogP contribution in [-0.4, -0.2) is 24.1 Å². The number of hydrazone groups is 1. The molecule has 4 rings (SSSR count). The molecule has 32 heavy (non-hydrogen) atoms. The summed E-state index contributed by atoms with van der Waals surface area (Å²) in [5, 5.41) is 8.57. The molecule has 0 saturated carbocycles. The first-order valence-corrected chi connectivity index (χ1v) is 10.7. The second-order valence-electron chi connectivity index (χ2n) is 7.09. The number of rotatable bonds is 6. The van der Waals surface area contributed by atoms with Crippen molar-refractivity contribution in [2.75, 3.05) is 16.9 Å². The number of ether oxygens (including phenoxy) is 1. The zero-order valence-corrected chi connectivity index (χ0v) is 18.9. The third-order valence-corrected chi connectivity index (χ3v) is 5.37. The van der Waals surface area contributed by atoms with E-state index in [4.69, 9.17) is 4.74 Å². The van der Waals surface area contributed by atoms with E-state index in [0.29, 0.717) is 27.2 Å². The molecule has 7 heteroatoms. The minimum Gasteiger partial charge on any atom is -0.483 e. The number of carbonyl (C=O) groups is 2. The van der Waals surface area contributed by atoms with Crippen LogP contribution in [-0.2, 0) is 9.59 Å². The summed E-state index contributed by atoms with van der Waals surface area (Å²) < 4.78 is 6.31. The Bertz CT molecular complexity index is 1210. The van der Waals surface area contributed by atoms with Crippen LogP contribution < -0.4 is 15.1 Å². The molecule has 0 radical (unpaired) electrons. The van der Waals surface area contributed by atoms with Gasteiger partial charge in [-0.25, -0.2) is 0 Å². The van der Waals surface area contributed by atoms with Crippen LogP contribution in [0, 0.1) is 0 Å². The second kappa shape index (κ2) is 9.62. The van der Waals surface area contributed by atoms with Gasteiger partial charge in [-0.3, -0.25) is 9.59 Å². The van der Waals surface area contributed by atoms with Gasteiger partial charge in [-0.15, -0.1) is 0 Å². The maximum Gasteiger partial charge on any atom is 0.280 e. The molecule has 160 valence electrons. The molecule has 1 aliphatic heterocycles. The van der Waals surface area contributed by atoms with Gasteiger partial charge in [0.1, 0.15) is 5.75 Å². The lowest BCUT2D eigenvalue weighted by molar-refractivity contribution is -0.118. The molecule has 1 N–H and O–H groups in total. The number of nitrogens with one attached hydrogen (secondary N) is 1. The van der Waals surface area contributed by atoms with Gasteiger partial charge in [-0.2, -0.15) is 10.1 Å².